The fourth-order valence-electron chi connectivity index (χ4n) is 1.44. The lowest BCUT2D eigenvalue weighted by Crippen LogP contribution is -2.22. The summed E-state index contributed by atoms with van der Waals surface area (Å²) in [5, 5.41) is 0. The Morgan fingerprint density at radius 1 is 1.31 bits per heavy atom. The van der Waals surface area contributed by atoms with Crippen molar-refractivity contribution in [3.63, 3.8) is 0 Å². The Kier molecular flexibility index (Phi) is 4.32. The van der Waals surface area contributed by atoms with Gasteiger partial charge in [0.2, 0.25) is 0 Å². The van der Waals surface area contributed by atoms with Gasteiger partial charge in [-0.25, -0.2) is 0 Å². The van der Waals surface area contributed by atoms with E-state index >= 15 is 0 Å². The summed E-state index contributed by atoms with van der Waals surface area (Å²) in [5.41, 5.74) is 0. The van der Waals surface area contributed by atoms with Crippen LogP contribution in [0.1, 0.15) is 32.6 Å². The molecule has 1 rings (SSSR count). The zero-order chi connectivity index (χ0) is 9.68. The molecule has 0 spiro atoms. The summed E-state index contributed by atoms with van der Waals surface area (Å²) >= 11 is 0. The highest BCUT2D eigenvalue weighted by atomic mass is 15.1. The van der Waals surface area contributed by atoms with Crippen LogP contribution in [0.5, 0.6) is 0 Å². The summed E-state index contributed by atoms with van der Waals surface area (Å²) in [6.07, 6.45) is 7.44. The highest BCUT2D eigenvalue weighted by Gasteiger charge is 2.10. The minimum absolute atomic E-state index is 0.394. The molecule has 0 aromatic rings. The Bertz CT molecular complexity index is 191. The molecule has 1 atom stereocenters. The Morgan fingerprint density at radius 2 is 1.92 bits per heavy atom. The molecule has 1 heteroatoms. The quantitative estimate of drug-likeness (QED) is 0.557. The molecule has 1 radical (unpaired) electrons. The molecule has 1 aliphatic rings. The molecule has 0 saturated heterocycles. The highest BCUT2D eigenvalue weighted by molar-refractivity contribution is 5.10. The van der Waals surface area contributed by atoms with Gasteiger partial charge in [0.05, 0.1) is 6.04 Å². The molecular formula is C12H20N. The van der Waals surface area contributed by atoms with Gasteiger partial charge in [0.15, 0.2) is 0 Å². The van der Waals surface area contributed by atoms with E-state index in [4.69, 9.17) is 0 Å². The topological polar surface area (TPSA) is 3.24 Å². The smallest absolute Gasteiger partial charge is 0.0681 e. The lowest BCUT2D eigenvalue weighted by Gasteiger charge is -2.17. The lowest BCUT2D eigenvalue weighted by atomic mass is 9.90. The number of rotatable bonds is 1. The Balaban J connectivity index is 2.36. The Hall–Kier alpha value is -0.480. The van der Waals surface area contributed by atoms with Crippen molar-refractivity contribution in [1.82, 2.24) is 4.90 Å². The van der Waals surface area contributed by atoms with Gasteiger partial charge in [-0.2, -0.15) is 0 Å². The van der Waals surface area contributed by atoms with Gasteiger partial charge in [-0.1, -0.05) is 11.8 Å². The second-order valence-electron chi connectivity index (χ2n) is 4.07. The van der Waals surface area contributed by atoms with Gasteiger partial charge >= 0.3 is 0 Å². The fraction of sp³-hybridized carbons (Fsp3) is 0.750. The van der Waals surface area contributed by atoms with Crippen LogP contribution in [0.2, 0.25) is 0 Å². The minimum atomic E-state index is 0.394. The molecule has 1 saturated carbocycles. The largest absolute Gasteiger partial charge is 0.296 e. The molecule has 0 bridgehead atoms. The van der Waals surface area contributed by atoms with E-state index in [0.717, 1.165) is 0 Å². The first-order chi connectivity index (χ1) is 6.20. The van der Waals surface area contributed by atoms with E-state index in [9.17, 15) is 0 Å². The van der Waals surface area contributed by atoms with Gasteiger partial charge in [0.25, 0.3) is 0 Å². The van der Waals surface area contributed by atoms with Crippen molar-refractivity contribution in [3.05, 3.63) is 6.42 Å². The molecule has 0 heterocycles. The zero-order valence-electron chi connectivity index (χ0n) is 9.01. The number of hydrogen-bond donors (Lipinski definition) is 0. The maximum atomic E-state index is 3.39. The van der Waals surface area contributed by atoms with E-state index in [1.54, 1.807) is 0 Å². The third-order valence-corrected chi connectivity index (χ3v) is 2.71. The normalized spacial score (nSPS) is 20.9. The summed E-state index contributed by atoms with van der Waals surface area (Å²) in [4.78, 5) is 2.15. The van der Waals surface area contributed by atoms with Gasteiger partial charge in [-0.15, -0.1) is 0 Å². The van der Waals surface area contributed by atoms with Crippen LogP contribution < -0.4 is 0 Å². The van der Waals surface area contributed by atoms with Crippen LogP contribution in [0.3, 0.4) is 0 Å². The van der Waals surface area contributed by atoms with Crippen molar-refractivity contribution in [1.29, 1.82) is 0 Å². The number of hydrogen-bond acceptors (Lipinski definition) is 1. The highest BCUT2D eigenvalue weighted by Crippen LogP contribution is 2.21. The molecule has 0 N–H and O–H groups in total. The molecule has 0 amide bonds. The van der Waals surface area contributed by atoms with Crippen molar-refractivity contribution in [3.8, 4) is 11.8 Å². The molecule has 0 aromatic heterocycles. The van der Waals surface area contributed by atoms with Crippen LogP contribution >= 0.6 is 0 Å². The van der Waals surface area contributed by atoms with Gasteiger partial charge in [0.1, 0.15) is 0 Å². The van der Waals surface area contributed by atoms with Crippen molar-refractivity contribution in [2.75, 3.05) is 14.1 Å². The predicted octanol–water partition coefficient (Wildman–Crippen LogP) is 2.33. The molecule has 1 aliphatic carbocycles. The van der Waals surface area contributed by atoms with Gasteiger partial charge in [-0.05, 0) is 53.1 Å². The van der Waals surface area contributed by atoms with Gasteiger partial charge in [-0.3, -0.25) is 4.90 Å². The van der Waals surface area contributed by atoms with E-state index in [-0.39, 0.29) is 0 Å². The fourth-order valence-corrected chi connectivity index (χ4v) is 1.44. The second-order valence-corrected chi connectivity index (χ2v) is 4.07. The van der Waals surface area contributed by atoms with Gasteiger partial charge in [0, 0.05) is 5.92 Å². The number of nitrogens with zero attached hydrogens (tertiary/aromatic N) is 1. The SMILES string of the molecule is CC(C#CC1CC[CH]CC1)N(C)C. The molecule has 13 heavy (non-hydrogen) atoms. The molecular weight excluding hydrogens is 158 g/mol. The van der Waals surface area contributed by atoms with Crippen LogP contribution in [0.25, 0.3) is 0 Å². The van der Waals surface area contributed by atoms with Gasteiger partial charge < -0.3 is 0 Å². The molecule has 0 aliphatic heterocycles. The van der Waals surface area contributed by atoms with Crippen molar-refractivity contribution >= 4 is 0 Å². The molecule has 1 nitrogen and oxygen atoms in total. The zero-order valence-corrected chi connectivity index (χ0v) is 9.01. The second kappa shape index (κ2) is 5.29. The first-order valence-corrected chi connectivity index (χ1v) is 5.19. The van der Waals surface area contributed by atoms with Crippen LogP contribution in [-0.4, -0.2) is 25.0 Å². The molecule has 73 valence electrons. The monoisotopic (exact) mass is 178 g/mol. The van der Waals surface area contributed by atoms with E-state index in [2.05, 4.69) is 44.2 Å². The average Bonchev–Trinajstić information content (AvgIpc) is 2.15. The van der Waals surface area contributed by atoms with E-state index in [1.807, 2.05) is 0 Å². The molecule has 1 fully saturated rings. The summed E-state index contributed by atoms with van der Waals surface area (Å²) in [6.45, 7) is 2.15. The van der Waals surface area contributed by atoms with E-state index < -0.39 is 0 Å². The van der Waals surface area contributed by atoms with Crippen molar-refractivity contribution in [2.45, 2.75) is 38.6 Å². The average molecular weight is 178 g/mol. The summed E-state index contributed by atoms with van der Waals surface area (Å²) in [6, 6.07) is 0.394. The third-order valence-electron chi connectivity index (χ3n) is 2.71. The first kappa shape index (κ1) is 10.6. The maximum Gasteiger partial charge on any atom is 0.0681 e. The van der Waals surface area contributed by atoms with Crippen LogP contribution in [0.4, 0.5) is 0 Å². The minimum Gasteiger partial charge on any atom is -0.296 e. The first-order valence-electron chi connectivity index (χ1n) is 5.19. The Morgan fingerprint density at radius 3 is 2.46 bits per heavy atom. The summed E-state index contributed by atoms with van der Waals surface area (Å²) < 4.78 is 0. The standard InChI is InChI=1S/C12H20N/c1-11(13(2)3)9-10-12-7-5-4-6-8-12/h4,11-12H,5-8H2,1-3H3. The van der Waals surface area contributed by atoms with Crippen LogP contribution in [0.15, 0.2) is 0 Å². The van der Waals surface area contributed by atoms with Crippen molar-refractivity contribution in [2.24, 2.45) is 5.92 Å². The maximum absolute atomic E-state index is 3.39. The summed E-state index contributed by atoms with van der Waals surface area (Å²) in [5.74, 6) is 7.36. The lowest BCUT2D eigenvalue weighted by molar-refractivity contribution is 0.372. The van der Waals surface area contributed by atoms with E-state index in [0.29, 0.717) is 12.0 Å². The van der Waals surface area contributed by atoms with Crippen LogP contribution in [0, 0.1) is 24.2 Å². The third kappa shape index (κ3) is 3.83. The summed E-state index contributed by atoms with van der Waals surface area (Å²) in [7, 11) is 4.15. The molecule has 0 aromatic carbocycles. The van der Waals surface area contributed by atoms with E-state index in [1.165, 1.54) is 25.7 Å². The predicted molar refractivity (Wildman–Crippen MR) is 57.2 cm³/mol. The van der Waals surface area contributed by atoms with Crippen molar-refractivity contribution < 1.29 is 0 Å². The Labute approximate surface area is 82.5 Å². The molecule has 1 unspecified atom stereocenters. The van der Waals surface area contributed by atoms with Crippen LogP contribution in [-0.2, 0) is 0 Å².